The molecule has 1 saturated carbocycles. The minimum absolute atomic E-state index is 0.0861. The summed E-state index contributed by atoms with van der Waals surface area (Å²) in [4.78, 5) is 10.3. The molecule has 1 aromatic rings. The van der Waals surface area contributed by atoms with E-state index in [1.165, 1.54) is 18.2 Å². The first-order valence-corrected chi connectivity index (χ1v) is 5.72. The average molecular weight is 247 g/mol. The summed E-state index contributed by atoms with van der Waals surface area (Å²) in [5, 5.41) is 32.2. The molecule has 2 N–H and O–H groups in total. The summed E-state index contributed by atoms with van der Waals surface area (Å²) in [6.07, 6.45) is 1.52. The molecule has 0 radical (unpaired) electrons. The van der Waals surface area contributed by atoms with E-state index >= 15 is 0 Å². The third-order valence-electron chi connectivity index (χ3n) is 2.99. The minimum atomic E-state index is -0.507. The van der Waals surface area contributed by atoms with Gasteiger partial charge in [0.25, 0.3) is 5.69 Å². The molecule has 94 valence electrons. The van der Waals surface area contributed by atoms with Crippen LogP contribution in [-0.4, -0.2) is 22.7 Å². The van der Waals surface area contributed by atoms with Crippen molar-refractivity contribution in [3.63, 3.8) is 0 Å². The molecule has 1 atom stereocenters. The number of anilines is 1. The number of nitro benzene ring substituents is 1. The first-order valence-electron chi connectivity index (χ1n) is 5.72. The van der Waals surface area contributed by atoms with E-state index in [9.17, 15) is 15.2 Å². The Morgan fingerprint density at radius 3 is 2.89 bits per heavy atom. The smallest absolute Gasteiger partial charge is 0.292 e. The van der Waals surface area contributed by atoms with Crippen LogP contribution in [0.2, 0.25) is 0 Å². The van der Waals surface area contributed by atoms with Gasteiger partial charge in [-0.15, -0.1) is 0 Å². The molecule has 0 aliphatic heterocycles. The topological polar surface area (TPSA) is 99.2 Å². The number of nitrogens with zero attached hydrogens (tertiary/aromatic N) is 2. The Hall–Kier alpha value is -2.13. The Morgan fingerprint density at radius 1 is 1.61 bits per heavy atom. The highest BCUT2D eigenvalue weighted by Gasteiger charge is 2.29. The lowest BCUT2D eigenvalue weighted by molar-refractivity contribution is -0.384. The van der Waals surface area contributed by atoms with E-state index in [1.807, 2.05) is 6.07 Å². The Labute approximate surface area is 104 Å². The maximum absolute atomic E-state index is 10.8. The van der Waals surface area contributed by atoms with Crippen LogP contribution in [0.3, 0.4) is 0 Å². The van der Waals surface area contributed by atoms with Crippen LogP contribution in [-0.2, 0) is 0 Å². The van der Waals surface area contributed by atoms with E-state index in [2.05, 4.69) is 5.32 Å². The molecule has 18 heavy (non-hydrogen) atoms. The number of aliphatic hydroxyl groups is 1. The van der Waals surface area contributed by atoms with Gasteiger partial charge in [0.05, 0.1) is 22.7 Å². The van der Waals surface area contributed by atoms with Gasteiger partial charge >= 0.3 is 0 Å². The Balaban J connectivity index is 2.13. The molecule has 0 aromatic heterocycles. The quantitative estimate of drug-likeness (QED) is 0.608. The van der Waals surface area contributed by atoms with Crippen molar-refractivity contribution in [2.75, 3.05) is 11.9 Å². The molecule has 0 heterocycles. The Kier molecular flexibility index (Phi) is 3.44. The summed E-state index contributed by atoms with van der Waals surface area (Å²) < 4.78 is 0. The maximum Gasteiger partial charge on any atom is 0.292 e. The summed E-state index contributed by atoms with van der Waals surface area (Å²) in [5.41, 5.74) is 0.541. The number of rotatable bonds is 5. The van der Waals surface area contributed by atoms with Crippen LogP contribution in [0.1, 0.15) is 18.4 Å². The van der Waals surface area contributed by atoms with E-state index in [1.54, 1.807) is 0 Å². The van der Waals surface area contributed by atoms with Gasteiger partial charge in [0.1, 0.15) is 5.69 Å². The van der Waals surface area contributed by atoms with Gasteiger partial charge in [-0.3, -0.25) is 10.1 Å². The molecule has 6 nitrogen and oxygen atoms in total. The van der Waals surface area contributed by atoms with Crippen molar-refractivity contribution in [2.45, 2.75) is 18.9 Å². The standard InChI is InChI=1S/C12H13N3O3/c13-6-8-1-4-11(15(17)18)10(5-8)14-7-12(16)9-2-3-9/h1,4-5,9,12,14,16H,2-3,7H2. The van der Waals surface area contributed by atoms with E-state index in [4.69, 9.17) is 5.26 Å². The first-order chi connectivity index (χ1) is 8.61. The fraction of sp³-hybridized carbons (Fsp3) is 0.417. The summed E-state index contributed by atoms with van der Waals surface area (Å²) in [5.74, 6) is 0.302. The van der Waals surface area contributed by atoms with Crippen molar-refractivity contribution >= 4 is 11.4 Å². The molecule has 6 heteroatoms. The van der Waals surface area contributed by atoms with Crippen molar-refractivity contribution in [3.05, 3.63) is 33.9 Å². The second kappa shape index (κ2) is 5.02. The van der Waals surface area contributed by atoms with E-state index in [0.29, 0.717) is 11.5 Å². The van der Waals surface area contributed by atoms with Gasteiger partial charge in [-0.05, 0) is 30.9 Å². The number of hydrogen-bond donors (Lipinski definition) is 2. The molecule has 1 aromatic carbocycles. The van der Waals surface area contributed by atoms with E-state index in [-0.39, 0.29) is 17.9 Å². The summed E-state index contributed by atoms with van der Waals surface area (Å²) in [6, 6.07) is 6.06. The molecular weight excluding hydrogens is 234 g/mol. The van der Waals surface area contributed by atoms with Gasteiger partial charge in [0.2, 0.25) is 0 Å². The molecule has 0 saturated heterocycles. The summed E-state index contributed by atoms with van der Waals surface area (Å²) in [6.45, 7) is 0.264. The molecule has 0 bridgehead atoms. The zero-order chi connectivity index (χ0) is 13.1. The monoisotopic (exact) mass is 247 g/mol. The lowest BCUT2D eigenvalue weighted by Crippen LogP contribution is -2.21. The average Bonchev–Trinajstić information content (AvgIpc) is 3.19. The number of hydrogen-bond acceptors (Lipinski definition) is 5. The van der Waals surface area contributed by atoms with Crippen LogP contribution in [0, 0.1) is 27.4 Å². The minimum Gasteiger partial charge on any atom is -0.391 e. The Bertz CT molecular complexity index is 506. The Morgan fingerprint density at radius 2 is 2.33 bits per heavy atom. The largest absolute Gasteiger partial charge is 0.391 e. The molecule has 1 aliphatic rings. The first kappa shape index (κ1) is 12.3. The zero-order valence-electron chi connectivity index (χ0n) is 9.67. The SMILES string of the molecule is N#Cc1ccc([N+](=O)[O-])c(NCC(O)C2CC2)c1. The third-order valence-corrected chi connectivity index (χ3v) is 2.99. The number of nitrogens with one attached hydrogen (secondary N) is 1. The van der Waals surface area contributed by atoms with Crippen molar-refractivity contribution in [2.24, 2.45) is 5.92 Å². The highest BCUT2D eigenvalue weighted by Crippen LogP contribution is 2.33. The molecule has 1 unspecified atom stereocenters. The van der Waals surface area contributed by atoms with Crippen molar-refractivity contribution in [3.8, 4) is 6.07 Å². The van der Waals surface area contributed by atoms with E-state index < -0.39 is 11.0 Å². The lowest BCUT2D eigenvalue weighted by atomic mass is 10.1. The van der Waals surface area contributed by atoms with Crippen LogP contribution in [0.5, 0.6) is 0 Å². The summed E-state index contributed by atoms with van der Waals surface area (Å²) >= 11 is 0. The highest BCUT2D eigenvalue weighted by molar-refractivity contribution is 5.64. The fourth-order valence-corrected chi connectivity index (χ4v) is 1.77. The number of benzene rings is 1. The number of nitriles is 1. The predicted molar refractivity (Wildman–Crippen MR) is 65.0 cm³/mol. The van der Waals surface area contributed by atoms with Crippen molar-refractivity contribution in [1.82, 2.24) is 0 Å². The molecule has 0 spiro atoms. The van der Waals surface area contributed by atoms with Crippen LogP contribution in [0.25, 0.3) is 0 Å². The second-order valence-electron chi connectivity index (χ2n) is 4.39. The molecular formula is C12H13N3O3. The highest BCUT2D eigenvalue weighted by atomic mass is 16.6. The normalized spacial score (nSPS) is 15.8. The molecule has 2 rings (SSSR count). The number of nitro groups is 1. The predicted octanol–water partition coefficient (Wildman–Crippen LogP) is 1.65. The fourth-order valence-electron chi connectivity index (χ4n) is 1.77. The number of aliphatic hydroxyl groups excluding tert-OH is 1. The third kappa shape index (κ3) is 2.76. The summed E-state index contributed by atoms with van der Waals surface area (Å²) in [7, 11) is 0. The molecule has 1 aliphatic carbocycles. The molecule has 1 fully saturated rings. The van der Waals surface area contributed by atoms with Gasteiger partial charge in [-0.1, -0.05) is 0 Å². The van der Waals surface area contributed by atoms with Crippen LogP contribution < -0.4 is 5.32 Å². The maximum atomic E-state index is 10.8. The lowest BCUT2D eigenvalue weighted by Gasteiger charge is -2.12. The van der Waals surface area contributed by atoms with E-state index in [0.717, 1.165) is 12.8 Å². The zero-order valence-corrected chi connectivity index (χ0v) is 9.67. The van der Waals surface area contributed by atoms with Crippen LogP contribution >= 0.6 is 0 Å². The van der Waals surface area contributed by atoms with Gasteiger partial charge in [0.15, 0.2) is 0 Å². The molecule has 0 amide bonds. The van der Waals surface area contributed by atoms with Crippen LogP contribution in [0.4, 0.5) is 11.4 Å². The van der Waals surface area contributed by atoms with Crippen LogP contribution in [0.15, 0.2) is 18.2 Å². The van der Waals surface area contributed by atoms with Crippen molar-refractivity contribution in [1.29, 1.82) is 5.26 Å². The van der Waals surface area contributed by atoms with Gasteiger partial charge in [-0.2, -0.15) is 5.26 Å². The van der Waals surface area contributed by atoms with Gasteiger partial charge in [0, 0.05) is 12.6 Å². The van der Waals surface area contributed by atoms with Crippen molar-refractivity contribution < 1.29 is 10.0 Å². The van der Waals surface area contributed by atoms with Gasteiger partial charge < -0.3 is 10.4 Å². The second-order valence-corrected chi connectivity index (χ2v) is 4.39. The van der Waals surface area contributed by atoms with Gasteiger partial charge in [-0.25, -0.2) is 0 Å².